The second-order valence-corrected chi connectivity index (χ2v) is 4.92. The van der Waals surface area contributed by atoms with Crippen molar-refractivity contribution in [2.24, 2.45) is 0 Å². The molecule has 0 spiro atoms. The van der Waals surface area contributed by atoms with Crippen molar-refractivity contribution in [3.05, 3.63) is 45.6 Å². The molecule has 2 rings (SSSR count). The zero-order valence-electron chi connectivity index (χ0n) is 9.81. The summed E-state index contributed by atoms with van der Waals surface area (Å²) >= 11 is 1.61. The van der Waals surface area contributed by atoms with Gasteiger partial charge in [0, 0.05) is 10.4 Å². The first kappa shape index (κ1) is 12.0. The van der Waals surface area contributed by atoms with Crippen LogP contribution in [-0.2, 0) is 0 Å². The van der Waals surface area contributed by atoms with Gasteiger partial charge in [0.15, 0.2) is 0 Å². The Morgan fingerprint density at radius 3 is 2.65 bits per heavy atom. The molecule has 1 aromatic carbocycles. The van der Waals surface area contributed by atoms with Crippen molar-refractivity contribution in [1.82, 2.24) is 0 Å². The predicted octanol–water partition coefficient (Wildman–Crippen LogP) is 2.73. The van der Waals surface area contributed by atoms with Crippen LogP contribution in [0.4, 0.5) is 5.69 Å². The van der Waals surface area contributed by atoms with E-state index in [2.05, 4.69) is 0 Å². The van der Waals surface area contributed by atoms with Gasteiger partial charge in [0.25, 0.3) is 0 Å². The maximum atomic E-state index is 10.3. The Bertz CT molecular complexity index is 522. The molecule has 90 valence electrons. The number of nitrogens with two attached hydrogens (primary N) is 1. The average molecular weight is 249 g/mol. The summed E-state index contributed by atoms with van der Waals surface area (Å²) in [6.45, 7) is 1.99. The van der Waals surface area contributed by atoms with Gasteiger partial charge >= 0.3 is 0 Å². The van der Waals surface area contributed by atoms with E-state index >= 15 is 0 Å². The molecule has 0 aliphatic rings. The third-order valence-corrected chi connectivity index (χ3v) is 3.67. The lowest BCUT2D eigenvalue weighted by Crippen LogP contribution is -2.05. The normalized spacial score (nSPS) is 12.4. The van der Waals surface area contributed by atoms with Gasteiger partial charge in [-0.15, -0.1) is 11.3 Å². The van der Waals surface area contributed by atoms with Crippen molar-refractivity contribution in [2.75, 3.05) is 12.8 Å². The highest BCUT2D eigenvalue weighted by Crippen LogP contribution is 2.34. The Morgan fingerprint density at radius 2 is 2.06 bits per heavy atom. The Hall–Kier alpha value is -1.52. The number of nitrogen functional groups attached to an aromatic ring is 1. The summed E-state index contributed by atoms with van der Waals surface area (Å²) < 4.78 is 5.15. The molecule has 3 nitrogen and oxygen atoms in total. The molecule has 1 heterocycles. The van der Waals surface area contributed by atoms with Crippen molar-refractivity contribution >= 4 is 17.0 Å². The number of anilines is 1. The van der Waals surface area contributed by atoms with Crippen molar-refractivity contribution in [2.45, 2.75) is 13.0 Å². The number of aliphatic hydroxyl groups is 1. The van der Waals surface area contributed by atoms with Gasteiger partial charge in [0.2, 0.25) is 0 Å². The molecule has 0 aliphatic carbocycles. The first-order valence-electron chi connectivity index (χ1n) is 5.29. The largest absolute Gasteiger partial charge is 0.495 e. The zero-order valence-corrected chi connectivity index (χ0v) is 10.6. The van der Waals surface area contributed by atoms with Gasteiger partial charge in [0.1, 0.15) is 11.9 Å². The minimum atomic E-state index is -0.698. The molecule has 0 amide bonds. The highest BCUT2D eigenvalue weighted by molar-refractivity contribution is 7.10. The van der Waals surface area contributed by atoms with Crippen LogP contribution in [0, 0.1) is 6.92 Å². The fraction of sp³-hybridized carbons (Fsp3) is 0.231. The molecule has 0 aliphatic heterocycles. The van der Waals surface area contributed by atoms with Crippen LogP contribution in [0.3, 0.4) is 0 Å². The van der Waals surface area contributed by atoms with Crippen molar-refractivity contribution in [3.8, 4) is 5.75 Å². The Morgan fingerprint density at radius 1 is 1.29 bits per heavy atom. The quantitative estimate of drug-likeness (QED) is 0.822. The van der Waals surface area contributed by atoms with E-state index in [0.29, 0.717) is 17.0 Å². The summed E-state index contributed by atoms with van der Waals surface area (Å²) in [7, 11) is 1.57. The number of hydrogen-bond donors (Lipinski definition) is 2. The number of ether oxygens (including phenoxy) is 1. The zero-order chi connectivity index (χ0) is 12.4. The van der Waals surface area contributed by atoms with E-state index in [0.717, 1.165) is 10.4 Å². The number of rotatable bonds is 3. The summed E-state index contributed by atoms with van der Waals surface area (Å²) in [6.07, 6.45) is -0.698. The van der Waals surface area contributed by atoms with Crippen LogP contribution >= 0.6 is 11.3 Å². The number of thiophene rings is 1. The van der Waals surface area contributed by atoms with E-state index in [4.69, 9.17) is 10.5 Å². The van der Waals surface area contributed by atoms with Crippen molar-refractivity contribution in [1.29, 1.82) is 0 Å². The molecule has 1 aromatic heterocycles. The topological polar surface area (TPSA) is 55.5 Å². The number of aliphatic hydroxyl groups excluding tert-OH is 1. The first-order valence-corrected chi connectivity index (χ1v) is 6.17. The lowest BCUT2D eigenvalue weighted by molar-refractivity contribution is 0.220. The second kappa shape index (κ2) is 4.77. The van der Waals surface area contributed by atoms with E-state index in [1.165, 1.54) is 0 Å². The van der Waals surface area contributed by atoms with E-state index in [1.807, 2.05) is 30.5 Å². The second-order valence-electron chi connectivity index (χ2n) is 3.80. The molecule has 0 saturated carbocycles. The monoisotopic (exact) mass is 249 g/mol. The van der Waals surface area contributed by atoms with E-state index in [-0.39, 0.29) is 0 Å². The molecule has 3 N–H and O–H groups in total. The predicted molar refractivity (Wildman–Crippen MR) is 70.5 cm³/mol. The SMILES string of the molecule is COc1cccc(C(O)c2ccsc2C)c1N. The summed E-state index contributed by atoms with van der Waals surface area (Å²) in [5, 5.41) is 12.3. The fourth-order valence-electron chi connectivity index (χ4n) is 1.82. The molecule has 0 fully saturated rings. The fourth-order valence-corrected chi connectivity index (χ4v) is 2.56. The van der Waals surface area contributed by atoms with Gasteiger partial charge in [-0.05, 0) is 30.0 Å². The minimum Gasteiger partial charge on any atom is -0.495 e. The van der Waals surface area contributed by atoms with Gasteiger partial charge in [-0.2, -0.15) is 0 Å². The smallest absolute Gasteiger partial charge is 0.142 e. The summed E-state index contributed by atoms with van der Waals surface area (Å²) in [5.74, 6) is 0.592. The maximum Gasteiger partial charge on any atom is 0.142 e. The lowest BCUT2D eigenvalue weighted by Gasteiger charge is -2.15. The van der Waals surface area contributed by atoms with Gasteiger partial charge in [0.05, 0.1) is 12.8 Å². The van der Waals surface area contributed by atoms with E-state index < -0.39 is 6.10 Å². The van der Waals surface area contributed by atoms with Crippen LogP contribution in [0.5, 0.6) is 5.75 Å². The maximum absolute atomic E-state index is 10.3. The summed E-state index contributed by atoms with van der Waals surface area (Å²) in [5.41, 5.74) is 8.05. The van der Waals surface area contributed by atoms with E-state index in [1.54, 1.807) is 24.5 Å². The number of aryl methyl sites for hydroxylation is 1. The number of para-hydroxylation sites is 1. The molecule has 4 heteroatoms. The third-order valence-electron chi connectivity index (χ3n) is 2.81. The van der Waals surface area contributed by atoms with Gasteiger partial charge in [-0.25, -0.2) is 0 Å². The molecular formula is C13H15NO2S. The Kier molecular flexibility index (Phi) is 3.36. The summed E-state index contributed by atoms with van der Waals surface area (Å²) in [4.78, 5) is 1.10. The van der Waals surface area contributed by atoms with Crippen LogP contribution in [0.15, 0.2) is 29.6 Å². The van der Waals surface area contributed by atoms with E-state index in [9.17, 15) is 5.11 Å². The Balaban J connectivity index is 2.44. The van der Waals surface area contributed by atoms with Crippen molar-refractivity contribution < 1.29 is 9.84 Å². The molecule has 2 aromatic rings. The van der Waals surface area contributed by atoms with Crippen molar-refractivity contribution in [3.63, 3.8) is 0 Å². The van der Waals surface area contributed by atoms with Gasteiger partial charge < -0.3 is 15.6 Å². The van der Waals surface area contributed by atoms with Gasteiger partial charge in [-0.1, -0.05) is 12.1 Å². The van der Waals surface area contributed by atoms with Gasteiger partial charge in [-0.3, -0.25) is 0 Å². The molecule has 1 unspecified atom stereocenters. The molecule has 0 radical (unpaired) electrons. The van der Waals surface area contributed by atoms with Crippen LogP contribution in [-0.4, -0.2) is 12.2 Å². The third kappa shape index (κ3) is 2.14. The summed E-state index contributed by atoms with van der Waals surface area (Å²) in [6, 6.07) is 7.35. The van der Waals surface area contributed by atoms with Crippen LogP contribution in [0.1, 0.15) is 22.1 Å². The molecule has 0 bridgehead atoms. The Labute approximate surface area is 104 Å². The average Bonchev–Trinajstić information content (AvgIpc) is 2.75. The lowest BCUT2D eigenvalue weighted by atomic mass is 10.0. The highest BCUT2D eigenvalue weighted by Gasteiger charge is 2.18. The minimum absolute atomic E-state index is 0.494. The first-order chi connectivity index (χ1) is 8.15. The molecule has 0 saturated heterocycles. The standard InChI is InChI=1S/C13H15NO2S/c1-8-9(6-7-17-8)13(15)10-4-3-5-11(16-2)12(10)14/h3-7,13,15H,14H2,1-2H3. The number of hydrogen-bond acceptors (Lipinski definition) is 4. The number of benzene rings is 1. The molecule has 1 atom stereocenters. The molecular weight excluding hydrogens is 234 g/mol. The van der Waals surface area contributed by atoms with Crippen LogP contribution < -0.4 is 10.5 Å². The van der Waals surface area contributed by atoms with Crippen LogP contribution in [0.2, 0.25) is 0 Å². The van der Waals surface area contributed by atoms with Crippen LogP contribution in [0.25, 0.3) is 0 Å². The number of methoxy groups -OCH3 is 1. The molecule has 17 heavy (non-hydrogen) atoms. The highest BCUT2D eigenvalue weighted by atomic mass is 32.1.